The van der Waals surface area contributed by atoms with Crippen molar-refractivity contribution in [2.45, 2.75) is 20.8 Å². The average molecular weight is 417 g/mol. The Bertz CT molecular complexity index is 1210. The van der Waals surface area contributed by atoms with E-state index in [-0.39, 0.29) is 11.7 Å². The number of aryl methyl sites for hydroxylation is 3. The van der Waals surface area contributed by atoms with Crippen molar-refractivity contribution in [3.8, 4) is 17.1 Å². The van der Waals surface area contributed by atoms with Gasteiger partial charge in [0.2, 0.25) is 5.82 Å². The first-order valence-electron chi connectivity index (χ1n) is 9.60. The molecule has 3 aromatic carbocycles. The van der Waals surface area contributed by atoms with E-state index in [1.165, 1.54) is 0 Å². The van der Waals surface area contributed by atoms with Gasteiger partial charge in [-0.3, -0.25) is 4.79 Å². The van der Waals surface area contributed by atoms with E-state index >= 15 is 0 Å². The minimum Gasteiger partial charge on any atom is -0.319 e. The second-order valence-electron chi connectivity index (χ2n) is 7.24. The van der Waals surface area contributed by atoms with E-state index in [0.29, 0.717) is 10.8 Å². The van der Waals surface area contributed by atoms with Gasteiger partial charge in [0.1, 0.15) is 0 Å². The number of amides is 1. The van der Waals surface area contributed by atoms with Crippen LogP contribution in [0, 0.1) is 20.8 Å². The maximum Gasteiger partial charge on any atom is 0.295 e. The highest BCUT2D eigenvalue weighted by Crippen LogP contribution is 2.24. The van der Waals surface area contributed by atoms with Gasteiger partial charge in [0.15, 0.2) is 5.82 Å². The summed E-state index contributed by atoms with van der Waals surface area (Å²) in [6, 6.07) is 21.1. The van der Waals surface area contributed by atoms with Gasteiger partial charge in [-0.1, -0.05) is 53.6 Å². The van der Waals surface area contributed by atoms with Crippen molar-refractivity contribution in [1.29, 1.82) is 0 Å². The number of carbonyl (C=O) groups excluding carboxylic acids is 1. The molecule has 0 radical (unpaired) electrons. The van der Waals surface area contributed by atoms with E-state index in [4.69, 9.17) is 11.6 Å². The predicted octanol–water partition coefficient (Wildman–Crippen LogP) is 5.77. The SMILES string of the molecule is Cc1cccc(-c2nc(C(=O)Nc3c(C)cccc3C)nn2-c2ccc(Cl)cc2)c1. The van der Waals surface area contributed by atoms with Gasteiger partial charge in [-0.15, -0.1) is 5.10 Å². The van der Waals surface area contributed by atoms with Crippen LogP contribution in [0.3, 0.4) is 0 Å². The summed E-state index contributed by atoms with van der Waals surface area (Å²) in [5.41, 5.74) is 5.50. The minimum atomic E-state index is -0.353. The van der Waals surface area contributed by atoms with Crippen LogP contribution in [0.15, 0.2) is 66.7 Å². The molecule has 5 nitrogen and oxygen atoms in total. The fourth-order valence-corrected chi connectivity index (χ4v) is 3.45. The molecule has 1 amide bonds. The Kier molecular flexibility index (Phi) is 5.38. The van der Waals surface area contributed by atoms with E-state index < -0.39 is 0 Å². The highest BCUT2D eigenvalue weighted by atomic mass is 35.5. The first-order chi connectivity index (χ1) is 14.4. The first-order valence-corrected chi connectivity index (χ1v) is 9.98. The van der Waals surface area contributed by atoms with Crippen molar-refractivity contribution in [2.24, 2.45) is 0 Å². The zero-order valence-electron chi connectivity index (χ0n) is 17.0. The van der Waals surface area contributed by atoms with Gasteiger partial charge in [-0.2, -0.15) is 0 Å². The smallest absolute Gasteiger partial charge is 0.295 e. The summed E-state index contributed by atoms with van der Waals surface area (Å²) < 4.78 is 1.67. The van der Waals surface area contributed by atoms with E-state index in [0.717, 1.165) is 33.6 Å². The first kappa shape index (κ1) is 19.9. The molecule has 0 aliphatic carbocycles. The predicted molar refractivity (Wildman–Crippen MR) is 120 cm³/mol. The van der Waals surface area contributed by atoms with Gasteiger partial charge >= 0.3 is 0 Å². The molecular formula is C24H21ClN4O. The lowest BCUT2D eigenvalue weighted by molar-refractivity contribution is 0.101. The molecule has 0 aliphatic rings. The van der Waals surface area contributed by atoms with Gasteiger partial charge in [0, 0.05) is 16.3 Å². The summed E-state index contributed by atoms with van der Waals surface area (Å²) >= 11 is 6.04. The lowest BCUT2D eigenvalue weighted by Gasteiger charge is -2.09. The molecular weight excluding hydrogens is 396 g/mol. The monoisotopic (exact) mass is 416 g/mol. The third-order valence-corrected chi connectivity index (χ3v) is 5.13. The van der Waals surface area contributed by atoms with Crippen LogP contribution in [0.25, 0.3) is 17.1 Å². The number of nitrogens with one attached hydrogen (secondary N) is 1. The number of para-hydroxylation sites is 1. The number of anilines is 1. The molecule has 0 saturated heterocycles. The highest BCUT2D eigenvalue weighted by Gasteiger charge is 2.20. The average Bonchev–Trinajstić information content (AvgIpc) is 3.17. The van der Waals surface area contributed by atoms with Crippen molar-refractivity contribution >= 4 is 23.2 Å². The standard InChI is InChI=1S/C24H21ClN4O/c1-15-6-4-9-18(14-15)23-27-22(28-29(23)20-12-10-19(25)11-13-20)24(30)26-21-16(2)7-5-8-17(21)3/h4-14H,1-3H3,(H,26,30). The summed E-state index contributed by atoms with van der Waals surface area (Å²) in [7, 11) is 0. The highest BCUT2D eigenvalue weighted by molar-refractivity contribution is 6.30. The van der Waals surface area contributed by atoms with Gasteiger partial charge in [-0.25, -0.2) is 9.67 Å². The zero-order valence-corrected chi connectivity index (χ0v) is 17.7. The molecule has 150 valence electrons. The van der Waals surface area contributed by atoms with E-state index in [2.05, 4.69) is 15.4 Å². The Morgan fingerprint density at radius 1 is 0.933 bits per heavy atom. The quantitative estimate of drug-likeness (QED) is 0.459. The molecule has 4 rings (SSSR count). The Balaban J connectivity index is 1.78. The van der Waals surface area contributed by atoms with E-state index in [1.807, 2.05) is 75.4 Å². The van der Waals surface area contributed by atoms with E-state index in [1.54, 1.807) is 16.8 Å². The number of nitrogens with zero attached hydrogens (tertiary/aromatic N) is 3. The molecule has 1 aromatic heterocycles. The molecule has 0 unspecified atom stereocenters. The van der Waals surface area contributed by atoms with Crippen LogP contribution >= 0.6 is 11.6 Å². The number of rotatable bonds is 4. The lowest BCUT2D eigenvalue weighted by atomic mass is 10.1. The van der Waals surface area contributed by atoms with Crippen LogP contribution in [0.4, 0.5) is 5.69 Å². The maximum absolute atomic E-state index is 13.0. The fourth-order valence-electron chi connectivity index (χ4n) is 3.32. The van der Waals surface area contributed by atoms with Crippen LogP contribution in [0.1, 0.15) is 27.3 Å². The van der Waals surface area contributed by atoms with Crippen molar-refractivity contribution in [1.82, 2.24) is 14.8 Å². The van der Waals surface area contributed by atoms with Gasteiger partial charge in [0.05, 0.1) is 5.69 Å². The number of hydrogen-bond donors (Lipinski definition) is 1. The van der Waals surface area contributed by atoms with Crippen LogP contribution in [-0.2, 0) is 0 Å². The summed E-state index contributed by atoms with van der Waals surface area (Å²) in [5, 5.41) is 8.11. The third-order valence-electron chi connectivity index (χ3n) is 4.88. The Morgan fingerprint density at radius 3 is 2.27 bits per heavy atom. The minimum absolute atomic E-state index is 0.101. The van der Waals surface area contributed by atoms with Crippen LogP contribution in [-0.4, -0.2) is 20.7 Å². The second kappa shape index (κ2) is 8.13. The molecule has 4 aromatic rings. The van der Waals surface area contributed by atoms with Crippen molar-refractivity contribution in [3.63, 3.8) is 0 Å². The molecule has 0 fully saturated rings. The summed E-state index contributed by atoms with van der Waals surface area (Å²) in [6.07, 6.45) is 0. The number of hydrogen-bond acceptors (Lipinski definition) is 3. The molecule has 0 saturated carbocycles. The summed E-state index contributed by atoms with van der Waals surface area (Å²) in [4.78, 5) is 17.6. The number of halogens is 1. The van der Waals surface area contributed by atoms with Gasteiger partial charge in [-0.05, 0) is 62.2 Å². The second-order valence-corrected chi connectivity index (χ2v) is 7.67. The Labute approximate surface area is 180 Å². The summed E-state index contributed by atoms with van der Waals surface area (Å²) in [5.74, 6) is 0.339. The van der Waals surface area contributed by atoms with Crippen LogP contribution in [0.5, 0.6) is 0 Å². The molecule has 0 bridgehead atoms. The van der Waals surface area contributed by atoms with Crippen molar-refractivity contribution in [2.75, 3.05) is 5.32 Å². The van der Waals surface area contributed by atoms with E-state index in [9.17, 15) is 4.79 Å². The van der Waals surface area contributed by atoms with Crippen molar-refractivity contribution < 1.29 is 4.79 Å². The maximum atomic E-state index is 13.0. The zero-order chi connectivity index (χ0) is 21.3. The molecule has 30 heavy (non-hydrogen) atoms. The molecule has 0 aliphatic heterocycles. The largest absolute Gasteiger partial charge is 0.319 e. The Morgan fingerprint density at radius 2 is 1.60 bits per heavy atom. The lowest BCUT2D eigenvalue weighted by Crippen LogP contribution is -2.16. The fraction of sp³-hybridized carbons (Fsp3) is 0.125. The normalized spacial score (nSPS) is 10.8. The molecule has 0 atom stereocenters. The number of benzene rings is 3. The molecule has 1 N–H and O–H groups in total. The molecule has 6 heteroatoms. The van der Waals surface area contributed by atoms with Gasteiger partial charge in [0.25, 0.3) is 5.91 Å². The summed E-state index contributed by atoms with van der Waals surface area (Å²) in [6.45, 7) is 5.93. The Hall–Kier alpha value is -3.44. The van der Waals surface area contributed by atoms with Gasteiger partial charge < -0.3 is 5.32 Å². The van der Waals surface area contributed by atoms with Crippen LogP contribution in [0.2, 0.25) is 5.02 Å². The molecule has 0 spiro atoms. The van der Waals surface area contributed by atoms with Crippen molar-refractivity contribution in [3.05, 3.63) is 94.3 Å². The topological polar surface area (TPSA) is 59.8 Å². The number of aromatic nitrogens is 3. The third kappa shape index (κ3) is 3.98. The number of carbonyl (C=O) groups is 1. The van der Waals surface area contributed by atoms with Crippen LogP contribution < -0.4 is 5.32 Å². The molecule has 1 heterocycles.